The number of fused-ring (bicyclic) bond motifs is 1. The summed E-state index contributed by atoms with van der Waals surface area (Å²) in [4.78, 5) is 14.1. The molecule has 3 heterocycles. The molecule has 7 heteroatoms. The summed E-state index contributed by atoms with van der Waals surface area (Å²) in [6.07, 6.45) is 2.17. The monoisotopic (exact) mass is 412 g/mol. The van der Waals surface area contributed by atoms with Crippen molar-refractivity contribution in [2.45, 2.75) is 31.5 Å². The Morgan fingerprint density at radius 2 is 2.14 bits per heavy atom. The minimum absolute atomic E-state index is 0.141. The highest BCUT2D eigenvalue weighted by Gasteiger charge is 2.17. The van der Waals surface area contributed by atoms with Crippen molar-refractivity contribution in [3.63, 3.8) is 0 Å². The molecule has 0 unspecified atom stereocenters. The zero-order valence-corrected chi connectivity index (χ0v) is 17.9. The number of Topliss-reactive ketones (excluding diaryl/α,β-unsaturated/α-hetero) is 1. The summed E-state index contributed by atoms with van der Waals surface area (Å²) in [6, 6.07) is 8.23. The van der Waals surface area contributed by atoms with E-state index in [0.717, 1.165) is 60.3 Å². The predicted octanol–water partition coefficient (Wildman–Crippen LogP) is 4.29. The lowest BCUT2D eigenvalue weighted by Crippen LogP contribution is -2.31. The number of nitrogens with zero attached hydrogens (tertiary/aromatic N) is 4. The Balaban J connectivity index is 1.28. The molecule has 28 heavy (non-hydrogen) atoms. The quantitative estimate of drug-likeness (QED) is 0.329. The average Bonchev–Trinajstić information content (AvgIpc) is 3.34. The van der Waals surface area contributed by atoms with Crippen LogP contribution in [0.1, 0.15) is 34.8 Å². The van der Waals surface area contributed by atoms with Crippen LogP contribution < -0.4 is 0 Å². The van der Waals surface area contributed by atoms with Gasteiger partial charge in [-0.3, -0.25) is 9.69 Å². The normalized spacial score (nSPS) is 14.2. The number of carbonyl (C=O) groups excluding carboxylic acids is 1. The highest BCUT2D eigenvalue weighted by molar-refractivity contribution is 7.99. The lowest BCUT2D eigenvalue weighted by Gasteiger charge is -2.29. The standard InChI is InChI=1S/C21H24N4OS2/c1-15(26)17-5-4-16-6-9-25(13-19(16)12-17)8-3-10-28-21-23-22-20(24(21)2)18-7-11-27-14-18/h4-5,7,11-12,14H,3,6,8-10,13H2,1-2H3. The highest BCUT2D eigenvalue weighted by atomic mass is 32.2. The highest BCUT2D eigenvalue weighted by Crippen LogP contribution is 2.25. The third kappa shape index (κ3) is 4.21. The van der Waals surface area contributed by atoms with Gasteiger partial charge in [0.25, 0.3) is 0 Å². The van der Waals surface area contributed by atoms with E-state index in [9.17, 15) is 4.79 Å². The molecule has 2 aromatic heterocycles. The van der Waals surface area contributed by atoms with Gasteiger partial charge >= 0.3 is 0 Å². The summed E-state index contributed by atoms with van der Waals surface area (Å²) < 4.78 is 2.08. The van der Waals surface area contributed by atoms with Crippen LogP contribution in [0.4, 0.5) is 0 Å². The average molecular weight is 413 g/mol. The minimum Gasteiger partial charge on any atom is -0.305 e. The van der Waals surface area contributed by atoms with E-state index >= 15 is 0 Å². The molecule has 3 aromatic rings. The van der Waals surface area contributed by atoms with E-state index in [1.54, 1.807) is 30.0 Å². The Hall–Kier alpha value is -1.96. The fourth-order valence-corrected chi connectivity index (χ4v) is 5.03. The van der Waals surface area contributed by atoms with Gasteiger partial charge in [-0.2, -0.15) is 11.3 Å². The number of benzene rings is 1. The van der Waals surface area contributed by atoms with Gasteiger partial charge < -0.3 is 4.57 Å². The van der Waals surface area contributed by atoms with Gasteiger partial charge in [-0.1, -0.05) is 23.9 Å². The predicted molar refractivity (Wildman–Crippen MR) is 115 cm³/mol. The van der Waals surface area contributed by atoms with Crippen LogP contribution in [0.15, 0.2) is 40.2 Å². The molecular formula is C21H24N4OS2. The number of thiophene rings is 1. The van der Waals surface area contributed by atoms with Crippen LogP contribution in [0.5, 0.6) is 0 Å². The van der Waals surface area contributed by atoms with E-state index in [1.807, 2.05) is 13.1 Å². The summed E-state index contributed by atoms with van der Waals surface area (Å²) in [6.45, 7) is 4.72. The van der Waals surface area contributed by atoms with Crippen LogP contribution in [-0.2, 0) is 20.0 Å². The Morgan fingerprint density at radius 1 is 1.25 bits per heavy atom. The van der Waals surface area contributed by atoms with Gasteiger partial charge in [0, 0.05) is 42.4 Å². The maximum Gasteiger partial charge on any atom is 0.191 e. The van der Waals surface area contributed by atoms with E-state index in [-0.39, 0.29) is 5.78 Å². The molecule has 4 rings (SSSR count). The molecule has 0 saturated heterocycles. The van der Waals surface area contributed by atoms with Gasteiger partial charge in [0.15, 0.2) is 16.8 Å². The fourth-order valence-electron chi connectivity index (χ4n) is 3.56. The SMILES string of the molecule is CC(=O)c1ccc2c(c1)CN(CCCSc1nnc(-c3ccsc3)n1C)CC2. The summed E-state index contributed by atoms with van der Waals surface area (Å²) >= 11 is 3.44. The summed E-state index contributed by atoms with van der Waals surface area (Å²) in [5.41, 5.74) is 4.64. The molecule has 0 amide bonds. The van der Waals surface area contributed by atoms with Crippen LogP contribution in [0, 0.1) is 0 Å². The second kappa shape index (κ2) is 8.59. The smallest absolute Gasteiger partial charge is 0.191 e. The first-order valence-corrected chi connectivity index (χ1v) is 11.4. The van der Waals surface area contributed by atoms with Gasteiger partial charge in [0.05, 0.1) is 0 Å². The van der Waals surface area contributed by atoms with Crippen LogP contribution in [0.3, 0.4) is 0 Å². The summed E-state index contributed by atoms with van der Waals surface area (Å²) in [7, 11) is 2.03. The first-order valence-electron chi connectivity index (χ1n) is 9.51. The van der Waals surface area contributed by atoms with Gasteiger partial charge in [-0.15, -0.1) is 10.2 Å². The number of hydrogen-bond acceptors (Lipinski definition) is 6. The van der Waals surface area contributed by atoms with Crippen molar-refractivity contribution in [2.75, 3.05) is 18.8 Å². The molecule has 0 bridgehead atoms. The van der Waals surface area contributed by atoms with E-state index in [0.29, 0.717) is 0 Å². The maximum absolute atomic E-state index is 11.6. The second-order valence-electron chi connectivity index (χ2n) is 7.15. The molecule has 0 aliphatic carbocycles. The number of thioether (sulfide) groups is 1. The zero-order chi connectivity index (χ0) is 19.5. The Bertz CT molecular complexity index is 965. The summed E-state index contributed by atoms with van der Waals surface area (Å²) in [5, 5.41) is 13.8. The van der Waals surface area contributed by atoms with Crippen LogP contribution >= 0.6 is 23.1 Å². The molecule has 0 N–H and O–H groups in total. The van der Waals surface area contributed by atoms with Crippen LogP contribution in [0.25, 0.3) is 11.4 Å². The van der Waals surface area contributed by atoms with Crippen molar-refractivity contribution in [3.8, 4) is 11.4 Å². The van der Waals surface area contributed by atoms with Gasteiger partial charge in [-0.05, 0) is 54.9 Å². The van der Waals surface area contributed by atoms with Gasteiger partial charge in [-0.25, -0.2) is 0 Å². The summed E-state index contributed by atoms with van der Waals surface area (Å²) in [5.74, 6) is 2.09. The first kappa shape index (κ1) is 19.4. The van der Waals surface area contributed by atoms with Gasteiger partial charge in [0.1, 0.15) is 0 Å². The molecule has 1 aliphatic rings. The fraction of sp³-hybridized carbons (Fsp3) is 0.381. The second-order valence-corrected chi connectivity index (χ2v) is 8.99. The molecule has 5 nitrogen and oxygen atoms in total. The van der Waals surface area contributed by atoms with Crippen molar-refractivity contribution >= 4 is 28.9 Å². The van der Waals surface area contributed by atoms with Crippen molar-refractivity contribution in [1.29, 1.82) is 0 Å². The van der Waals surface area contributed by atoms with Crippen LogP contribution in [-0.4, -0.2) is 44.3 Å². The molecule has 0 fully saturated rings. The molecule has 1 aromatic carbocycles. The molecule has 1 aliphatic heterocycles. The van der Waals surface area contributed by atoms with E-state index < -0.39 is 0 Å². The molecule has 0 saturated carbocycles. The zero-order valence-electron chi connectivity index (χ0n) is 16.2. The van der Waals surface area contributed by atoms with Crippen molar-refractivity contribution < 1.29 is 4.79 Å². The topological polar surface area (TPSA) is 51.0 Å². The number of hydrogen-bond donors (Lipinski definition) is 0. The first-order chi connectivity index (χ1) is 13.6. The van der Waals surface area contributed by atoms with Crippen molar-refractivity contribution in [3.05, 3.63) is 51.7 Å². The van der Waals surface area contributed by atoms with Crippen molar-refractivity contribution in [2.24, 2.45) is 7.05 Å². The molecular weight excluding hydrogens is 388 g/mol. The Kier molecular flexibility index (Phi) is 5.94. The number of aromatic nitrogens is 3. The lowest BCUT2D eigenvalue weighted by atomic mass is 9.96. The number of carbonyl (C=O) groups is 1. The Morgan fingerprint density at radius 3 is 2.93 bits per heavy atom. The maximum atomic E-state index is 11.6. The number of ketones is 1. The molecule has 0 spiro atoms. The third-order valence-electron chi connectivity index (χ3n) is 5.17. The molecule has 0 atom stereocenters. The van der Waals surface area contributed by atoms with E-state index in [1.165, 1.54) is 11.1 Å². The minimum atomic E-state index is 0.141. The molecule has 146 valence electrons. The van der Waals surface area contributed by atoms with Crippen molar-refractivity contribution in [1.82, 2.24) is 19.7 Å². The van der Waals surface area contributed by atoms with Gasteiger partial charge in [0.2, 0.25) is 0 Å². The third-order valence-corrected chi connectivity index (χ3v) is 6.96. The van der Waals surface area contributed by atoms with E-state index in [2.05, 4.69) is 48.6 Å². The largest absolute Gasteiger partial charge is 0.305 e. The Labute approximate surface area is 173 Å². The molecule has 0 radical (unpaired) electrons. The number of rotatable bonds is 7. The van der Waals surface area contributed by atoms with Crippen LogP contribution in [0.2, 0.25) is 0 Å². The van der Waals surface area contributed by atoms with E-state index in [4.69, 9.17) is 0 Å². The lowest BCUT2D eigenvalue weighted by molar-refractivity contribution is 0.101.